The van der Waals surface area contributed by atoms with Crippen molar-refractivity contribution >= 4 is 0 Å². The number of rotatable bonds is 3. The molecular weight excluding hydrogens is 212 g/mol. The van der Waals surface area contributed by atoms with Crippen LogP contribution in [0.15, 0.2) is 24.3 Å². The van der Waals surface area contributed by atoms with Gasteiger partial charge in [-0.3, -0.25) is 0 Å². The number of aliphatic hydroxyl groups is 1. The Balaban J connectivity index is 2.53. The first-order valence-corrected chi connectivity index (χ1v) is 5.84. The van der Waals surface area contributed by atoms with E-state index >= 15 is 0 Å². The molecule has 0 aliphatic rings. The van der Waals surface area contributed by atoms with Gasteiger partial charge in [0.15, 0.2) is 0 Å². The van der Waals surface area contributed by atoms with Gasteiger partial charge < -0.3 is 9.67 Å². The highest BCUT2D eigenvalue weighted by Crippen LogP contribution is 2.25. The quantitative estimate of drug-likeness (QED) is 0.878. The molecule has 0 saturated carbocycles. The summed E-state index contributed by atoms with van der Waals surface area (Å²) < 4.78 is 2.05. The minimum Gasteiger partial charge on any atom is -0.396 e. The molecule has 0 aliphatic carbocycles. The van der Waals surface area contributed by atoms with Gasteiger partial charge >= 0.3 is 0 Å². The highest BCUT2D eigenvalue weighted by molar-refractivity contribution is 5.65. The molecule has 0 aliphatic heterocycles. The first kappa shape index (κ1) is 11.9. The van der Waals surface area contributed by atoms with Crippen LogP contribution in [0, 0.1) is 13.8 Å². The third-order valence-corrected chi connectivity index (χ3v) is 3.21. The van der Waals surface area contributed by atoms with E-state index in [0.717, 1.165) is 17.2 Å². The number of hydrogen-bond acceptors (Lipinski definition) is 2. The predicted molar refractivity (Wildman–Crippen MR) is 68.9 cm³/mol. The second-order valence-corrected chi connectivity index (χ2v) is 4.31. The molecule has 0 fully saturated rings. The van der Waals surface area contributed by atoms with Crippen LogP contribution in [0.4, 0.5) is 0 Å². The van der Waals surface area contributed by atoms with Gasteiger partial charge in [-0.25, -0.2) is 4.98 Å². The minimum atomic E-state index is 0.136. The maximum absolute atomic E-state index is 9.02. The van der Waals surface area contributed by atoms with Crippen LogP contribution in [0.25, 0.3) is 11.3 Å². The van der Waals surface area contributed by atoms with Crippen molar-refractivity contribution in [2.45, 2.75) is 20.3 Å². The van der Waals surface area contributed by atoms with Gasteiger partial charge in [0.2, 0.25) is 0 Å². The Bertz CT molecular complexity index is 529. The zero-order valence-corrected chi connectivity index (χ0v) is 10.6. The number of nitrogens with zero attached hydrogens (tertiary/aromatic N) is 2. The standard InChI is InChI=1S/C14H18N2O/c1-10-6-4-5-7-12(10)14-11(2)16(3)13(15-14)8-9-17/h4-7,17H,8-9H2,1-3H3. The highest BCUT2D eigenvalue weighted by atomic mass is 16.3. The molecule has 2 rings (SSSR count). The molecule has 0 unspecified atom stereocenters. The van der Waals surface area contributed by atoms with Gasteiger partial charge in [0.05, 0.1) is 12.3 Å². The van der Waals surface area contributed by atoms with Gasteiger partial charge in [0, 0.05) is 24.7 Å². The second-order valence-electron chi connectivity index (χ2n) is 4.31. The topological polar surface area (TPSA) is 38.1 Å². The van der Waals surface area contributed by atoms with E-state index in [1.54, 1.807) is 0 Å². The largest absolute Gasteiger partial charge is 0.396 e. The van der Waals surface area contributed by atoms with E-state index in [9.17, 15) is 0 Å². The average molecular weight is 230 g/mol. The molecular formula is C14H18N2O. The van der Waals surface area contributed by atoms with Gasteiger partial charge in [0.25, 0.3) is 0 Å². The van der Waals surface area contributed by atoms with Crippen LogP contribution in [-0.2, 0) is 13.5 Å². The minimum absolute atomic E-state index is 0.136. The lowest BCUT2D eigenvalue weighted by molar-refractivity contribution is 0.295. The zero-order valence-electron chi connectivity index (χ0n) is 10.6. The Kier molecular flexibility index (Phi) is 3.29. The number of aryl methyl sites for hydroxylation is 1. The maximum Gasteiger partial charge on any atom is 0.111 e. The normalized spacial score (nSPS) is 10.8. The van der Waals surface area contributed by atoms with Crippen LogP contribution in [-0.4, -0.2) is 21.3 Å². The van der Waals surface area contributed by atoms with E-state index in [-0.39, 0.29) is 6.61 Å². The Morgan fingerprint density at radius 2 is 1.94 bits per heavy atom. The summed E-state index contributed by atoms with van der Waals surface area (Å²) in [7, 11) is 2.00. The summed E-state index contributed by atoms with van der Waals surface area (Å²) in [6.07, 6.45) is 0.600. The smallest absolute Gasteiger partial charge is 0.111 e. The van der Waals surface area contributed by atoms with Gasteiger partial charge in [-0.05, 0) is 19.4 Å². The van der Waals surface area contributed by atoms with Crippen molar-refractivity contribution in [1.82, 2.24) is 9.55 Å². The summed E-state index contributed by atoms with van der Waals surface area (Å²) in [4.78, 5) is 4.63. The molecule has 0 bridgehead atoms. The summed E-state index contributed by atoms with van der Waals surface area (Å²) in [5.41, 5.74) is 4.56. The number of aliphatic hydroxyl groups excluding tert-OH is 1. The van der Waals surface area contributed by atoms with Crippen LogP contribution in [0.5, 0.6) is 0 Å². The Hall–Kier alpha value is -1.61. The van der Waals surface area contributed by atoms with E-state index in [4.69, 9.17) is 5.11 Å². The van der Waals surface area contributed by atoms with E-state index in [1.165, 1.54) is 11.1 Å². The number of imidazole rings is 1. The van der Waals surface area contributed by atoms with E-state index in [0.29, 0.717) is 6.42 Å². The van der Waals surface area contributed by atoms with Gasteiger partial charge in [0.1, 0.15) is 5.82 Å². The molecule has 1 heterocycles. The summed E-state index contributed by atoms with van der Waals surface area (Å²) in [5, 5.41) is 9.02. The van der Waals surface area contributed by atoms with Crippen molar-refractivity contribution in [2.75, 3.05) is 6.61 Å². The molecule has 1 aromatic carbocycles. The van der Waals surface area contributed by atoms with Crippen LogP contribution < -0.4 is 0 Å². The third-order valence-electron chi connectivity index (χ3n) is 3.21. The summed E-state index contributed by atoms with van der Waals surface area (Å²) in [6, 6.07) is 8.25. The maximum atomic E-state index is 9.02. The lowest BCUT2D eigenvalue weighted by Crippen LogP contribution is -2.01. The number of aromatic nitrogens is 2. The van der Waals surface area contributed by atoms with Crippen LogP contribution in [0.3, 0.4) is 0 Å². The number of hydrogen-bond donors (Lipinski definition) is 1. The van der Waals surface area contributed by atoms with Crippen molar-refractivity contribution in [1.29, 1.82) is 0 Å². The fourth-order valence-corrected chi connectivity index (χ4v) is 2.05. The highest BCUT2D eigenvalue weighted by Gasteiger charge is 2.13. The Morgan fingerprint density at radius 1 is 1.24 bits per heavy atom. The summed E-state index contributed by atoms with van der Waals surface area (Å²) >= 11 is 0. The second kappa shape index (κ2) is 4.72. The Labute approximate surface area is 102 Å². The zero-order chi connectivity index (χ0) is 12.4. The molecule has 1 N–H and O–H groups in total. The van der Waals surface area contributed by atoms with Crippen molar-refractivity contribution in [3.8, 4) is 11.3 Å². The molecule has 90 valence electrons. The molecule has 1 aromatic heterocycles. The van der Waals surface area contributed by atoms with Crippen LogP contribution in [0.1, 0.15) is 17.1 Å². The molecule has 0 amide bonds. The average Bonchev–Trinajstić information content (AvgIpc) is 2.59. The van der Waals surface area contributed by atoms with E-state index < -0.39 is 0 Å². The van der Waals surface area contributed by atoms with Crippen molar-refractivity contribution in [3.05, 3.63) is 41.3 Å². The molecule has 3 nitrogen and oxygen atoms in total. The lowest BCUT2D eigenvalue weighted by Gasteiger charge is -2.03. The van der Waals surface area contributed by atoms with Crippen molar-refractivity contribution < 1.29 is 5.11 Å². The lowest BCUT2D eigenvalue weighted by atomic mass is 10.1. The van der Waals surface area contributed by atoms with Crippen LogP contribution >= 0.6 is 0 Å². The monoisotopic (exact) mass is 230 g/mol. The predicted octanol–water partition coefficient (Wildman–Crippen LogP) is 2.24. The summed E-state index contributed by atoms with van der Waals surface area (Å²) in [6.45, 7) is 4.29. The molecule has 3 heteroatoms. The number of benzene rings is 1. The SMILES string of the molecule is Cc1ccccc1-c1nc(CCO)n(C)c1C. The first-order valence-electron chi connectivity index (χ1n) is 5.84. The molecule has 0 atom stereocenters. The van der Waals surface area contributed by atoms with E-state index in [2.05, 4.69) is 35.5 Å². The van der Waals surface area contributed by atoms with Gasteiger partial charge in [-0.2, -0.15) is 0 Å². The molecule has 0 spiro atoms. The fourth-order valence-electron chi connectivity index (χ4n) is 2.05. The van der Waals surface area contributed by atoms with Crippen LogP contribution in [0.2, 0.25) is 0 Å². The Morgan fingerprint density at radius 3 is 2.59 bits per heavy atom. The first-order chi connectivity index (χ1) is 8.15. The summed E-state index contributed by atoms with van der Waals surface area (Å²) in [5.74, 6) is 0.934. The van der Waals surface area contributed by atoms with E-state index in [1.807, 2.05) is 19.2 Å². The van der Waals surface area contributed by atoms with Crippen molar-refractivity contribution in [2.24, 2.45) is 7.05 Å². The van der Waals surface area contributed by atoms with Crippen molar-refractivity contribution in [3.63, 3.8) is 0 Å². The molecule has 17 heavy (non-hydrogen) atoms. The molecule has 2 aromatic rings. The fraction of sp³-hybridized carbons (Fsp3) is 0.357. The molecule has 0 radical (unpaired) electrons. The molecule has 0 saturated heterocycles. The third kappa shape index (κ3) is 2.11. The van der Waals surface area contributed by atoms with Gasteiger partial charge in [-0.15, -0.1) is 0 Å². The van der Waals surface area contributed by atoms with Gasteiger partial charge in [-0.1, -0.05) is 24.3 Å².